The maximum absolute atomic E-state index is 13.1. The molecule has 0 amide bonds. The third kappa shape index (κ3) is 2.61. The molecule has 0 bridgehead atoms. The number of halogens is 1. The molecule has 0 aromatic heterocycles. The van der Waals surface area contributed by atoms with E-state index in [0.29, 0.717) is 5.92 Å². The Morgan fingerprint density at radius 3 is 2.40 bits per heavy atom. The maximum atomic E-state index is 13.1. The molecule has 104 valence electrons. The molecular weight excluding hydrogens is 249 g/mol. The van der Waals surface area contributed by atoms with Crippen molar-refractivity contribution in [3.8, 4) is 11.1 Å². The fourth-order valence-electron chi connectivity index (χ4n) is 3.17. The molecule has 20 heavy (non-hydrogen) atoms. The summed E-state index contributed by atoms with van der Waals surface area (Å²) in [7, 11) is 0. The largest absolute Gasteiger partial charge is 0.317 e. The van der Waals surface area contributed by atoms with Crippen LogP contribution in [0.15, 0.2) is 42.5 Å². The van der Waals surface area contributed by atoms with Crippen molar-refractivity contribution in [3.63, 3.8) is 0 Å². The normalized spacial score (nSPS) is 16.3. The molecule has 0 spiro atoms. The predicted molar refractivity (Wildman–Crippen MR) is 81.4 cm³/mol. The summed E-state index contributed by atoms with van der Waals surface area (Å²) < 4.78 is 13.1. The van der Waals surface area contributed by atoms with E-state index < -0.39 is 0 Å². The van der Waals surface area contributed by atoms with Gasteiger partial charge in [0, 0.05) is 0 Å². The van der Waals surface area contributed by atoms with Gasteiger partial charge in [0.05, 0.1) is 0 Å². The Bertz CT molecular complexity index is 583. The van der Waals surface area contributed by atoms with Crippen LogP contribution in [0.2, 0.25) is 0 Å². The van der Waals surface area contributed by atoms with Gasteiger partial charge in [0.25, 0.3) is 0 Å². The summed E-state index contributed by atoms with van der Waals surface area (Å²) in [6.45, 7) is 4.39. The van der Waals surface area contributed by atoms with Crippen molar-refractivity contribution >= 4 is 0 Å². The Morgan fingerprint density at radius 1 is 1.00 bits per heavy atom. The zero-order chi connectivity index (χ0) is 13.9. The van der Waals surface area contributed by atoms with E-state index in [0.717, 1.165) is 18.7 Å². The van der Waals surface area contributed by atoms with Gasteiger partial charge in [-0.3, -0.25) is 0 Å². The summed E-state index contributed by atoms with van der Waals surface area (Å²) in [4.78, 5) is 0. The highest BCUT2D eigenvalue weighted by molar-refractivity contribution is 5.68. The highest BCUT2D eigenvalue weighted by Crippen LogP contribution is 2.33. The lowest BCUT2D eigenvalue weighted by molar-refractivity contribution is 0.459. The third-order valence-corrected chi connectivity index (χ3v) is 4.31. The minimum atomic E-state index is -0.180. The summed E-state index contributed by atoms with van der Waals surface area (Å²) in [6, 6.07) is 13.3. The van der Waals surface area contributed by atoms with Gasteiger partial charge in [-0.1, -0.05) is 30.3 Å². The van der Waals surface area contributed by atoms with Crippen LogP contribution in [-0.2, 0) is 0 Å². The minimum Gasteiger partial charge on any atom is -0.317 e. The first kappa shape index (κ1) is 13.3. The van der Waals surface area contributed by atoms with Crippen molar-refractivity contribution in [2.75, 3.05) is 13.1 Å². The Morgan fingerprint density at radius 2 is 1.70 bits per heavy atom. The number of hydrogen-bond donors (Lipinski definition) is 1. The highest BCUT2D eigenvalue weighted by atomic mass is 19.1. The lowest BCUT2D eigenvalue weighted by atomic mass is 9.84. The predicted octanol–water partition coefficient (Wildman–Crippen LogP) is 4.27. The fourth-order valence-corrected chi connectivity index (χ4v) is 3.17. The molecule has 3 rings (SSSR count). The molecule has 0 aliphatic carbocycles. The minimum absolute atomic E-state index is 0.180. The van der Waals surface area contributed by atoms with Gasteiger partial charge in [-0.05, 0) is 73.2 Å². The van der Waals surface area contributed by atoms with E-state index in [1.54, 1.807) is 0 Å². The molecule has 0 saturated carbocycles. The molecule has 1 saturated heterocycles. The monoisotopic (exact) mass is 269 g/mol. The van der Waals surface area contributed by atoms with Crippen LogP contribution >= 0.6 is 0 Å². The molecule has 1 fully saturated rings. The Balaban J connectivity index is 1.98. The van der Waals surface area contributed by atoms with E-state index in [-0.39, 0.29) is 5.82 Å². The molecule has 0 unspecified atom stereocenters. The van der Waals surface area contributed by atoms with Crippen LogP contribution in [0.4, 0.5) is 4.39 Å². The zero-order valence-electron chi connectivity index (χ0n) is 11.8. The summed E-state index contributed by atoms with van der Waals surface area (Å²) in [5.41, 5.74) is 5.11. The highest BCUT2D eigenvalue weighted by Gasteiger charge is 2.18. The molecule has 1 aliphatic heterocycles. The smallest absolute Gasteiger partial charge is 0.123 e. The van der Waals surface area contributed by atoms with Crippen molar-refractivity contribution in [1.82, 2.24) is 5.32 Å². The average Bonchev–Trinajstić information content (AvgIpc) is 2.49. The van der Waals surface area contributed by atoms with Crippen molar-refractivity contribution in [2.45, 2.75) is 25.7 Å². The van der Waals surface area contributed by atoms with Crippen LogP contribution < -0.4 is 5.32 Å². The van der Waals surface area contributed by atoms with Gasteiger partial charge in [-0.2, -0.15) is 0 Å². The molecular formula is C18H20FN. The molecule has 2 aromatic rings. The van der Waals surface area contributed by atoms with E-state index >= 15 is 0 Å². The summed E-state index contributed by atoms with van der Waals surface area (Å²) in [5.74, 6) is 0.470. The SMILES string of the molecule is Cc1c(-c2ccc(F)cc2)cccc1C1CCNCC1. The van der Waals surface area contributed by atoms with Gasteiger partial charge in [0.15, 0.2) is 0 Å². The van der Waals surface area contributed by atoms with Gasteiger partial charge in [0.2, 0.25) is 0 Å². The molecule has 1 N–H and O–H groups in total. The zero-order valence-corrected chi connectivity index (χ0v) is 11.8. The Kier molecular flexibility index (Phi) is 3.83. The van der Waals surface area contributed by atoms with Crippen LogP contribution in [0.5, 0.6) is 0 Å². The van der Waals surface area contributed by atoms with E-state index in [2.05, 4.69) is 30.4 Å². The molecule has 0 atom stereocenters. The lowest BCUT2D eigenvalue weighted by Gasteiger charge is -2.25. The quantitative estimate of drug-likeness (QED) is 0.858. The second-order valence-electron chi connectivity index (χ2n) is 5.55. The van der Waals surface area contributed by atoms with Crippen LogP contribution in [0.25, 0.3) is 11.1 Å². The Labute approximate surface area is 119 Å². The number of benzene rings is 2. The second kappa shape index (κ2) is 5.76. The number of piperidine rings is 1. The first-order valence-corrected chi connectivity index (χ1v) is 7.32. The summed E-state index contributed by atoms with van der Waals surface area (Å²) in [6.07, 6.45) is 2.40. The lowest BCUT2D eigenvalue weighted by Crippen LogP contribution is -2.27. The first-order valence-electron chi connectivity index (χ1n) is 7.32. The van der Waals surface area contributed by atoms with Gasteiger partial charge < -0.3 is 5.32 Å². The maximum Gasteiger partial charge on any atom is 0.123 e. The van der Waals surface area contributed by atoms with Crippen molar-refractivity contribution in [3.05, 3.63) is 59.4 Å². The molecule has 2 aromatic carbocycles. The third-order valence-electron chi connectivity index (χ3n) is 4.31. The Hall–Kier alpha value is -1.67. The average molecular weight is 269 g/mol. The van der Waals surface area contributed by atoms with Crippen LogP contribution in [0, 0.1) is 12.7 Å². The van der Waals surface area contributed by atoms with E-state index in [1.165, 1.54) is 41.7 Å². The van der Waals surface area contributed by atoms with E-state index in [1.807, 2.05) is 12.1 Å². The molecule has 1 nitrogen and oxygen atoms in total. The molecule has 0 radical (unpaired) electrons. The van der Waals surface area contributed by atoms with Crippen LogP contribution in [0.1, 0.15) is 29.9 Å². The van der Waals surface area contributed by atoms with Crippen molar-refractivity contribution < 1.29 is 4.39 Å². The number of hydrogen-bond acceptors (Lipinski definition) is 1. The van der Waals surface area contributed by atoms with E-state index in [4.69, 9.17) is 0 Å². The number of nitrogens with one attached hydrogen (secondary N) is 1. The van der Waals surface area contributed by atoms with E-state index in [9.17, 15) is 4.39 Å². The molecule has 2 heteroatoms. The van der Waals surface area contributed by atoms with Gasteiger partial charge in [-0.25, -0.2) is 4.39 Å². The first-order chi connectivity index (χ1) is 9.75. The standard InChI is InChI=1S/C18H20FN/c1-13-17(14-5-7-16(19)8-6-14)3-2-4-18(13)15-9-11-20-12-10-15/h2-8,15,20H,9-12H2,1H3. The molecule has 1 heterocycles. The molecule has 1 aliphatic rings. The van der Waals surface area contributed by atoms with Crippen molar-refractivity contribution in [2.24, 2.45) is 0 Å². The summed E-state index contributed by atoms with van der Waals surface area (Å²) >= 11 is 0. The van der Waals surface area contributed by atoms with Gasteiger partial charge in [0.1, 0.15) is 5.82 Å². The van der Waals surface area contributed by atoms with Crippen LogP contribution in [-0.4, -0.2) is 13.1 Å². The second-order valence-corrected chi connectivity index (χ2v) is 5.55. The van der Waals surface area contributed by atoms with Gasteiger partial charge in [-0.15, -0.1) is 0 Å². The number of rotatable bonds is 2. The van der Waals surface area contributed by atoms with Crippen molar-refractivity contribution in [1.29, 1.82) is 0 Å². The fraction of sp³-hybridized carbons (Fsp3) is 0.333. The summed E-state index contributed by atoms with van der Waals surface area (Å²) in [5, 5.41) is 3.41. The topological polar surface area (TPSA) is 12.0 Å². The van der Waals surface area contributed by atoms with Crippen LogP contribution in [0.3, 0.4) is 0 Å². The van der Waals surface area contributed by atoms with Gasteiger partial charge >= 0.3 is 0 Å².